The van der Waals surface area contributed by atoms with Crippen LogP contribution in [0, 0.1) is 8.48 Å². The van der Waals surface area contributed by atoms with Gasteiger partial charge in [0.1, 0.15) is 17.5 Å². The van der Waals surface area contributed by atoms with E-state index in [0.717, 1.165) is 3.57 Å². The van der Waals surface area contributed by atoms with Crippen LogP contribution in [0.25, 0.3) is 0 Å². The molecule has 0 aliphatic carbocycles. The monoisotopic (exact) mass is 425 g/mol. The van der Waals surface area contributed by atoms with Crippen LogP contribution < -0.4 is 9.47 Å². The van der Waals surface area contributed by atoms with E-state index in [-0.39, 0.29) is 11.8 Å². The normalized spacial score (nSPS) is 14.0. The van der Waals surface area contributed by atoms with Crippen molar-refractivity contribution in [2.75, 3.05) is 13.1 Å². The largest absolute Gasteiger partial charge is 0.471 e. The summed E-state index contributed by atoms with van der Waals surface area (Å²) in [5.74, 6) is 0.909. The van der Waals surface area contributed by atoms with Crippen LogP contribution >= 0.6 is 22.6 Å². The number of nitrogens with zero attached hydrogens (tertiary/aromatic N) is 3. The van der Waals surface area contributed by atoms with Crippen molar-refractivity contribution in [3.8, 4) is 11.6 Å². The van der Waals surface area contributed by atoms with Crippen molar-refractivity contribution in [2.45, 2.75) is 6.10 Å². The van der Waals surface area contributed by atoms with E-state index in [1.807, 2.05) is 6.07 Å². The van der Waals surface area contributed by atoms with Gasteiger partial charge in [-0.25, -0.2) is 9.78 Å². The Morgan fingerprint density at radius 2 is 1.96 bits per heavy atom. The number of pyridine rings is 1. The number of amides is 1. The van der Waals surface area contributed by atoms with Crippen molar-refractivity contribution < 1.29 is 14.3 Å². The minimum atomic E-state index is -0.452. The molecule has 0 saturated carbocycles. The van der Waals surface area contributed by atoms with Crippen LogP contribution in [0.5, 0.6) is 11.6 Å². The first-order valence-electron chi connectivity index (χ1n) is 6.82. The molecule has 0 bridgehead atoms. The molecule has 1 aromatic carbocycles. The number of carbonyl (C=O) groups excluding carboxylic acids is 1. The Kier molecular flexibility index (Phi) is 4.70. The van der Waals surface area contributed by atoms with Crippen LogP contribution in [0.4, 0.5) is 10.5 Å². The number of benzene rings is 1. The number of ether oxygens (including phenoxy) is 2. The average molecular weight is 425 g/mol. The highest BCUT2D eigenvalue weighted by Crippen LogP contribution is 2.21. The molecule has 7 nitrogen and oxygen atoms in total. The Morgan fingerprint density at radius 1 is 1.22 bits per heavy atom. The average Bonchev–Trinajstić information content (AvgIpc) is 2.53. The van der Waals surface area contributed by atoms with E-state index >= 15 is 0 Å². The molecule has 2 aromatic rings. The lowest BCUT2D eigenvalue weighted by molar-refractivity contribution is 0.0258. The molecule has 1 amide bonds. The first-order valence-corrected chi connectivity index (χ1v) is 7.90. The molecule has 1 aliphatic rings. The van der Waals surface area contributed by atoms with Gasteiger partial charge in [0.25, 0.3) is 0 Å². The van der Waals surface area contributed by atoms with E-state index in [9.17, 15) is 9.70 Å². The second-order valence-electron chi connectivity index (χ2n) is 4.91. The van der Waals surface area contributed by atoms with E-state index in [1.165, 1.54) is 29.2 Å². The van der Waals surface area contributed by atoms with Gasteiger partial charge in [0, 0.05) is 15.8 Å². The van der Waals surface area contributed by atoms with Gasteiger partial charge in [-0.1, -0.05) is 0 Å². The standard InChI is InChI=1S/C15H12IN3O4/c16-10-1-6-14(17-7-10)22-13-8-19(9-13)15(20)23-12-4-2-11(18-21)3-5-12/h1-7,13H,8-9H2. The minimum absolute atomic E-state index is 0.0863. The van der Waals surface area contributed by atoms with Crippen LogP contribution in [0.3, 0.4) is 0 Å². The zero-order valence-corrected chi connectivity index (χ0v) is 14.0. The Labute approximate surface area is 145 Å². The summed E-state index contributed by atoms with van der Waals surface area (Å²) in [4.78, 5) is 27.9. The number of halogens is 1. The van der Waals surface area contributed by atoms with Gasteiger partial charge in [-0.15, -0.1) is 4.91 Å². The third-order valence-electron chi connectivity index (χ3n) is 3.24. The molecule has 2 heterocycles. The zero-order valence-electron chi connectivity index (χ0n) is 11.9. The van der Waals surface area contributed by atoms with Crippen molar-refractivity contribution in [2.24, 2.45) is 5.18 Å². The summed E-state index contributed by atoms with van der Waals surface area (Å²) in [6, 6.07) is 9.73. The Balaban J connectivity index is 1.47. The lowest BCUT2D eigenvalue weighted by atomic mass is 10.2. The molecule has 1 saturated heterocycles. The lowest BCUT2D eigenvalue weighted by Gasteiger charge is -2.37. The van der Waals surface area contributed by atoms with Gasteiger partial charge in [-0.2, -0.15) is 0 Å². The van der Waals surface area contributed by atoms with Gasteiger partial charge in [0.2, 0.25) is 5.88 Å². The quantitative estimate of drug-likeness (QED) is 0.555. The summed E-state index contributed by atoms with van der Waals surface area (Å²) in [6.07, 6.45) is 1.18. The molecular weight excluding hydrogens is 413 g/mol. The Hall–Kier alpha value is -2.23. The molecule has 118 valence electrons. The van der Waals surface area contributed by atoms with E-state index in [0.29, 0.717) is 24.7 Å². The first-order chi connectivity index (χ1) is 11.1. The molecule has 3 rings (SSSR count). The maximum Gasteiger partial charge on any atom is 0.415 e. The van der Waals surface area contributed by atoms with E-state index in [1.54, 1.807) is 12.3 Å². The van der Waals surface area contributed by atoms with Crippen molar-refractivity contribution in [3.05, 3.63) is 51.1 Å². The fraction of sp³-hybridized carbons (Fsp3) is 0.200. The zero-order chi connectivity index (χ0) is 16.2. The number of hydrogen-bond acceptors (Lipinski definition) is 6. The van der Waals surface area contributed by atoms with Crippen LogP contribution in [0.15, 0.2) is 47.8 Å². The smallest absolute Gasteiger partial charge is 0.415 e. The van der Waals surface area contributed by atoms with Crippen molar-refractivity contribution in [1.29, 1.82) is 0 Å². The SMILES string of the molecule is O=Nc1ccc(OC(=O)N2CC(Oc3ccc(I)cn3)C2)cc1. The molecule has 0 unspecified atom stereocenters. The summed E-state index contributed by atoms with van der Waals surface area (Å²) >= 11 is 2.17. The van der Waals surface area contributed by atoms with Gasteiger partial charge in [0.05, 0.1) is 13.1 Å². The number of hydrogen-bond donors (Lipinski definition) is 0. The fourth-order valence-electron chi connectivity index (χ4n) is 2.00. The number of likely N-dealkylation sites (tertiary alicyclic amines) is 1. The highest BCUT2D eigenvalue weighted by molar-refractivity contribution is 14.1. The maximum absolute atomic E-state index is 11.9. The second-order valence-corrected chi connectivity index (χ2v) is 6.16. The number of rotatable bonds is 4. The Morgan fingerprint density at radius 3 is 2.57 bits per heavy atom. The Bertz CT molecular complexity index is 700. The molecule has 1 fully saturated rings. The van der Waals surface area contributed by atoms with E-state index in [2.05, 4.69) is 32.8 Å². The molecule has 1 aliphatic heterocycles. The van der Waals surface area contributed by atoms with Crippen LogP contribution in [0.2, 0.25) is 0 Å². The molecule has 0 atom stereocenters. The molecular formula is C15H12IN3O4. The highest BCUT2D eigenvalue weighted by Gasteiger charge is 2.33. The molecule has 23 heavy (non-hydrogen) atoms. The van der Waals surface area contributed by atoms with Crippen LogP contribution in [-0.2, 0) is 0 Å². The number of nitroso groups, excluding NO2 is 1. The second kappa shape index (κ2) is 6.90. The third-order valence-corrected chi connectivity index (χ3v) is 3.88. The van der Waals surface area contributed by atoms with Gasteiger partial charge < -0.3 is 14.4 Å². The van der Waals surface area contributed by atoms with Crippen molar-refractivity contribution >= 4 is 34.4 Å². The van der Waals surface area contributed by atoms with E-state index in [4.69, 9.17) is 9.47 Å². The van der Waals surface area contributed by atoms with Crippen molar-refractivity contribution in [1.82, 2.24) is 9.88 Å². The minimum Gasteiger partial charge on any atom is -0.471 e. The summed E-state index contributed by atoms with van der Waals surface area (Å²) in [6.45, 7) is 0.890. The molecule has 0 spiro atoms. The topological polar surface area (TPSA) is 81.1 Å². The summed E-state index contributed by atoms with van der Waals surface area (Å²) in [7, 11) is 0. The predicted octanol–water partition coefficient (Wildman–Crippen LogP) is 3.35. The first kappa shape index (κ1) is 15.7. The molecule has 8 heteroatoms. The summed E-state index contributed by atoms with van der Waals surface area (Å²) < 4.78 is 11.9. The van der Waals surface area contributed by atoms with Gasteiger partial charge in [-0.05, 0) is 58.1 Å². The molecule has 1 aromatic heterocycles. The maximum atomic E-state index is 11.9. The summed E-state index contributed by atoms with van der Waals surface area (Å²) in [5, 5.41) is 2.78. The van der Waals surface area contributed by atoms with Crippen molar-refractivity contribution in [3.63, 3.8) is 0 Å². The number of carbonyl (C=O) groups is 1. The highest BCUT2D eigenvalue weighted by atomic mass is 127. The van der Waals surface area contributed by atoms with Crippen LogP contribution in [-0.4, -0.2) is 35.2 Å². The summed E-state index contributed by atoms with van der Waals surface area (Å²) in [5.41, 5.74) is 0.284. The predicted molar refractivity (Wildman–Crippen MR) is 90.9 cm³/mol. The van der Waals surface area contributed by atoms with E-state index < -0.39 is 6.09 Å². The van der Waals surface area contributed by atoms with Crippen LogP contribution in [0.1, 0.15) is 0 Å². The lowest BCUT2D eigenvalue weighted by Crippen LogP contribution is -2.57. The third kappa shape index (κ3) is 3.95. The fourth-order valence-corrected chi connectivity index (χ4v) is 2.32. The number of aromatic nitrogens is 1. The molecule has 0 N–H and O–H groups in total. The van der Waals surface area contributed by atoms with Gasteiger partial charge in [-0.3, -0.25) is 0 Å². The van der Waals surface area contributed by atoms with Gasteiger partial charge >= 0.3 is 6.09 Å². The molecule has 0 radical (unpaired) electrons. The van der Waals surface area contributed by atoms with Gasteiger partial charge in [0.15, 0.2) is 0 Å².